The lowest BCUT2D eigenvalue weighted by molar-refractivity contribution is -0.184. The minimum Gasteiger partial charge on any atom is -0.447 e. The van der Waals surface area contributed by atoms with Crippen molar-refractivity contribution in [1.82, 2.24) is 4.90 Å². The summed E-state index contributed by atoms with van der Waals surface area (Å²) >= 11 is 0. The molecule has 1 amide bonds. The Hall–Kier alpha value is -0.940. The minimum atomic E-state index is -4.23. The summed E-state index contributed by atoms with van der Waals surface area (Å²) in [5, 5.41) is 0. The van der Waals surface area contributed by atoms with E-state index in [1.165, 1.54) is 0 Å². The quantitative estimate of drug-likeness (QED) is 0.704. The van der Waals surface area contributed by atoms with Gasteiger partial charge in [0.15, 0.2) is 0 Å². The number of hydrogen-bond acceptors (Lipinski definition) is 2. The van der Waals surface area contributed by atoms with Crippen molar-refractivity contribution < 1.29 is 22.7 Å². The zero-order valence-corrected chi connectivity index (χ0v) is 9.38. The highest BCUT2D eigenvalue weighted by molar-refractivity contribution is 5.67. The highest BCUT2D eigenvalue weighted by atomic mass is 19.4. The molecule has 0 aromatic carbocycles. The normalized spacial score (nSPS) is 22.4. The maximum atomic E-state index is 12.5. The lowest BCUT2D eigenvalue weighted by Gasteiger charge is -2.33. The van der Waals surface area contributed by atoms with Gasteiger partial charge in [-0.25, -0.2) is 4.79 Å². The first kappa shape index (κ1) is 13.1. The predicted molar refractivity (Wildman–Crippen MR) is 52.0 cm³/mol. The van der Waals surface area contributed by atoms with Gasteiger partial charge in [0, 0.05) is 13.1 Å². The van der Waals surface area contributed by atoms with Crippen molar-refractivity contribution in [3.05, 3.63) is 0 Å². The third-order valence-electron chi connectivity index (χ3n) is 2.48. The Morgan fingerprint density at radius 1 is 1.44 bits per heavy atom. The van der Waals surface area contributed by atoms with Crippen molar-refractivity contribution in [2.45, 2.75) is 39.0 Å². The molecule has 1 fully saturated rings. The first-order valence-electron chi connectivity index (χ1n) is 5.33. The van der Waals surface area contributed by atoms with Gasteiger partial charge in [0.05, 0.1) is 12.0 Å². The Labute approximate surface area is 92.5 Å². The van der Waals surface area contributed by atoms with Crippen LogP contribution in [0.5, 0.6) is 0 Å². The largest absolute Gasteiger partial charge is 0.447 e. The molecule has 0 spiro atoms. The molecule has 0 radical (unpaired) electrons. The van der Waals surface area contributed by atoms with Crippen LogP contribution in [0.15, 0.2) is 0 Å². The van der Waals surface area contributed by atoms with Gasteiger partial charge in [0.25, 0.3) is 0 Å². The molecule has 1 atom stereocenters. The summed E-state index contributed by atoms with van der Waals surface area (Å²) in [5.74, 6) is -1.42. The van der Waals surface area contributed by atoms with Gasteiger partial charge in [-0.2, -0.15) is 13.2 Å². The van der Waals surface area contributed by atoms with Crippen molar-refractivity contribution in [3.63, 3.8) is 0 Å². The predicted octanol–water partition coefficient (Wildman–Crippen LogP) is 2.81. The number of alkyl halides is 3. The van der Waals surface area contributed by atoms with Crippen molar-refractivity contribution in [2.24, 2.45) is 5.92 Å². The summed E-state index contributed by atoms with van der Waals surface area (Å²) in [6.45, 7) is 3.40. The van der Waals surface area contributed by atoms with E-state index >= 15 is 0 Å². The fraction of sp³-hybridized carbons (Fsp3) is 0.900. The maximum absolute atomic E-state index is 12.5. The smallest absolute Gasteiger partial charge is 0.410 e. The summed E-state index contributed by atoms with van der Waals surface area (Å²) < 4.78 is 42.3. The molecule has 0 N–H and O–H groups in total. The van der Waals surface area contributed by atoms with Gasteiger partial charge in [0.1, 0.15) is 0 Å². The molecule has 6 heteroatoms. The van der Waals surface area contributed by atoms with Gasteiger partial charge in [-0.05, 0) is 26.7 Å². The Morgan fingerprint density at radius 2 is 2.06 bits per heavy atom. The second-order valence-corrected chi connectivity index (χ2v) is 4.26. The number of rotatable bonds is 1. The van der Waals surface area contributed by atoms with Crippen LogP contribution in [0.25, 0.3) is 0 Å². The van der Waals surface area contributed by atoms with Crippen LogP contribution in [0.4, 0.5) is 18.0 Å². The molecule has 0 bridgehead atoms. The van der Waals surface area contributed by atoms with Crippen molar-refractivity contribution in [3.8, 4) is 0 Å². The first-order chi connectivity index (χ1) is 7.30. The fourth-order valence-electron chi connectivity index (χ4n) is 1.69. The van der Waals surface area contributed by atoms with Crippen LogP contribution in [0.3, 0.4) is 0 Å². The number of hydrogen-bond donors (Lipinski definition) is 0. The Balaban J connectivity index is 2.54. The van der Waals surface area contributed by atoms with Gasteiger partial charge < -0.3 is 9.64 Å². The molecule has 0 saturated carbocycles. The Morgan fingerprint density at radius 3 is 2.56 bits per heavy atom. The zero-order chi connectivity index (χ0) is 12.3. The molecular formula is C10H16F3NO2. The summed E-state index contributed by atoms with van der Waals surface area (Å²) in [5.41, 5.74) is 0. The van der Waals surface area contributed by atoms with E-state index in [9.17, 15) is 18.0 Å². The Kier molecular flexibility index (Phi) is 4.04. The van der Waals surface area contributed by atoms with E-state index in [2.05, 4.69) is 0 Å². The topological polar surface area (TPSA) is 29.5 Å². The molecule has 3 nitrogen and oxygen atoms in total. The molecule has 1 saturated heterocycles. The fourth-order valence-corrected chi connectivity index (χ4v) is 1.69. The monoisotopic (exact) mass is 239 g/mol. The van der Waals surface area contributed by atoms with E-state index < -0.39 is 18.2 Å². The number of likely N-dealkylation sites (tertiary alicyclic amines) is 1. The van der Waals surface area contributed by atoms with Crippen LogP contribution in [-0.2, 0) is 4.74 Å². The molecule has 0 aromatic rings. The summed E-state index contributed by atoms with van der Waals surface area (Å²) in [4.78, 5) is 12.6. The first-order valence-corrected chi connectivity index (χ1v) is 5.33. The molecular weight excluding hydrogens is 223 g/mol. The molecule has 1 heterocycles. The van der Waals surface area contributed by atoms with Crippen molar-refractivity contribution in [2.75, 3.05) is 13.1 Å². The average molecular weight is 239 g/mol. The number of amides is 1. The SMILES string of the molecule is CC(C)OC(=O)N1CCCC(C(F)(F)F)C1. The minimum absolute atomic E-state index is 0.0922. The van der Waals surface area contributed by atoms with Gasteiger partial charge in [-0.1, -0.05) is 0 Å². The van der Waals surface area contributed by atoms with E-state index in [1.54, 1.807) is 13.8 Å². The summed E-state index contributed by atoms with van der Waals surface area (Å²) in [6, 6.07) is 0. The molecule has 0 aliphatic carbocycles. The van der Waals surface area contributed by atoms with Crippen LogP contribution in [-0.4, -0.2) is 36.4 Å². The average Bonchev–Trinajstić information content (AvgIpc) is 2.15. The standard InChI is InChI=1S/C10H16F3NO2/c1-7(2)16-9(15)14-5-3-4-8(6-14)10(11,12)13/h7-8H,3-6H2,1-2H3. The number of halogens is 3. The number of nitrogens with zero attached hydrogens (tertiary/aromatic N) is 1. The van der Waals surface area contributed by atoms with Crippen LogP contribution in [0.1, 0.15) is 26.7 Å². The van der Waals surface area contributed by atoms with Gasteiger partial charge in [-0.15, -0.1) is 0 Å². The van der Waals surface area contributed by atoms with E-state index in [-0.39, 0.29) is 19.1 Å². The van der Waals surface area contributed by atoms with E-state index in [0.717, 1.165) is 4.90 Å². The van der Waals surface area contributed by atoms with Gasteiger partial charge >= 0.3 is 12.3 Å². The third-order valence-corrected chi connectivity index (χ3v) is 2.48. The molecule has 1 aliphatic heterocycles. The lowest BCUT2D eigenvalue weighted by Crippen LogP contribution is -2.45. The molecule has 0 aromatic heterocycles. The molecule has 16 heavy (non-hydrogen) atoms. The maximum Gasteiger partial charge on any atom is 0.410 e. The summed E-state index contributed by atoms with van der Waals surface area (Å²) in [7, 11) is 0. The zero-order valence-electron chi connectivity index (χ0n) is 9.38. The number of ether oxygens (including phenoxy) is 1. The lowest BCUT2D eigenvalue weighted by atomic mass is 9.98. The molecule has 1 unspecified atom stereocenters. The summed E-state index contributed by atoms with van der Waals surface area (Å²) in [6.07, 6.45) is -4.72. The second kappa shape index (κ2) is 4.93. The van der Waals surface area contributed by atoms with Crippen molar-refractivity contribution >= 4 is 6.09 Å². The van der Waals surface area contributed by atoms with E-state index in [0.29, 0.717) is 13.0 Å². The number of piperidine rings is 1. The van der Waals surface area contributed by atoms with Gasteiger partial charge in [-0.3, -0.25) is 0 Å². The number of carbonyl (C=O) groups excluding carboxylic acids is 1. The third kappa shape index (κ3) is 3.57. The second-order valence-electron chi connectivity index (χ2n) is 4.26. The van der Waals surface area contributed by atoms with Crippen LogP contribution < -0.4 is 0 Å². The molecule has 94 valence electrons. The highest BCUT2D eigenvalue weighted by Gasteiger charge is 2.43. The Bertz CT molecular complexity index is 253. The van der Waals surface area contributed by atoms with Crippen LogP contribution in [0, 0.1) is 5.92 Å². The van der Waals surface area contributed by atoms with E-state index in [1.807, 2.05) is 0 Å². The van der Waals surface area contributed by atoms with Crippen molar-refractivity contribution in [1.29, 1.82) is 0 Å². The van der Waals surface area contributed by atoms with E-state index in [4.69, 9.17) is 4.74 Å². The van der Waals surface area contributed by atoms with Crippen LogP contribution in [0.2, 0.25) is 0 Å². The molecule has 1 rings (SSSR count). The highest BCUT2D eigenvalue weighted by Crippen LogP contribution is 2.33. The van der Waals surface area contributed by atoms with Crippen LogP contribution >= 0.6 is 0 Å². The van der Waals surface area contributed by atoms with Gasteiger partial charge in [0.2, 0.25) is 0 Å². The number of carbonyl (C=O) groups is 1. The molecule has 1 aliphatic rings.